The van der Waals surface area contributed by atoms with Crippen LogP contribution in [-0.4, -0.2) is 57.1 Å². The molecular formula is C24H30FN5O3S. The summed E-state index contributed by atoms with van der Waals surface area (Å²) >= 11 is 1.54. The molecule has 0 aliphatic heterocycles. The van der Waals surface area contributed by atoms with E-state index in [1.54, 1.807) is 36.8 Å². The third kappa shape index (κ3) is 5.63. The summed E-state index contributed by atoms with van der Waals surface area (Å²) in [7, 11) is 0. The van der Waals surface area contributed by atoms with Gasteiger partial charge >= 0.3 is 0 Å². The number of aromatic nitrogens is 2. The fourth-order valence-electron chi connectivity index (χ4n) is 4.04. The van der Waals surface area contributed by atoms with E-state index in [0.29, 0.717) is 17.9 Å². The molecule has 4 rings (SSSR count). The topological polar surface area (TPSA) is 119 Å². The summed E-state index contributed by atoms with van der Waals surface area (Å²) in [6.45, 7) is 3.13. The van der Waals surface area contributed by atoms with Crippen molar-refractivity contribution >= 4 is 44.7 Å². The van der Waals surface area contributed by atoms with Gasteiger partial charge in [0.05, 0.1) is 51.8 Å². The maximum atomic E-state index is 14.3. The number of benzene rings is 1. The lowest BCUT2D eigenvalue weighted by Crippen LogP contribution is -2.39. The van der Waals surface area contributed by atoms with Crippen LogP contribution in [0, 0.1) is 5.92 Å². The molecule has 1 aliphatic rings. The summed E-state index contributed by atoms with van der Waals surface area (Å²) in [5.41, 5.74) is 4.28. The Bertz CT molecular complexity index is 1140. The Balaban J connectivity index is 1.54. The van der Waals surface area contributed by atoms with Crippen molar-refractivity contribution in [3.63, 3.8) is 0 Å². The number of pyridine rings is 1. The number of hydrogen-bond donors (Lipinski definition) is 5. The highest BCUT2D eigenvalue weighted by molar-refractivity contribution is 7.16. The van der Waals surface area contributed by atoms with Crippen LogP contribution in [0.3, 0.4) is 0 Å². The summed E-state index contributed by atoms with van der Waals surface area (Å²) in [6.07, 6.45) is 0.551. The lowest BCUT2D eigenvalue weighted by molar-refractivity contribution is 0.0406. The molecule has 5 N–H and O–H groups in total. The summed E-state index contributed by atoms with van der Waals surface area (Å²) in [5.74, 6) is -0.239. The van der Waals surface area contributed by atoms with Gasteiger partial charge in [-0.25, -0.2) is 14.4 Å². The fraction of sp³-hybridized carbons (Fsp3) is 0.458. The third-order valence-corrected chi connectivity index (χ3v) is 6.88. The highest BCUT2D eigenvalue weighted by atomic mass is 32.1. The lowest BCUT2D eigenvalue weighted by Gasteiger charge is -2.22. The zero-order valence-corrected chi connectivity index (χ0v) is 20.0. The van der Waals surface area contributed by atoms with Gasteiger partial charge in [-0.15, -0.1) is 11.3 Å². The van der Waals surface area contributed by atoms with Gasteiger partial charge in [-0.3, -0.25) is 4.79 Å². The molecule has 0 saturated heterocycles. The first-order chi connectivity index (χ1) is 16.3. The molecule has 1 aliphatic carbocycles. The Hall–Kier alpha value is -2.82. The predicted octanol–water partition coefficient (Wildman–Crippen LogP) is 3.85. The van der Waals surface area contributed by atoms with Gasteiger partial charge in [-0.2, -0.15) is 0 Å². The zero-order valence-electron chi connectivity index (χ0n) is 19.2. The largest absolute Gasteiger partial charge is 0.391 e. The number of alkyl halides is 1. The highest BCUT2D eigenvalue weighted by Gasteiger charge is 2.27. The second-order valence-electron chi connectivity index (χ2n) is 8.98. The van der Waals surface area contributed by atoms with Gasteiger partial charge in [0.2, 0.25) is 0 Å². The molecule has 182 valence electrons. The van der Waals surface area contributed by atoms with Crippen LogP contribution >= 0.6 is 11.3 Å². The van der Waals surface area contributed by atoms with E-state index in [0.717, 1.165) is 28.7 Å². The number of nitrogens with zero attached hydrogens (tertiary/aromatic N) is 2. The van der Waals surface area contributed by atoms with Crippen LogP contribution in [0.1, 0.15) is 43.5 Å². The van der Waals surface area contributed by atoms with E-state index < -0.39 is 24.3 Å². The Morgan fingerprint density at radius 3 is 2.82 bits per heavy atom. The predicted molar refractivity (Wildman–Crippen MR) is 132 cm³/mol. The van der Waals surface area contributed by atoms with Crippen molar-refractivity contribution in [3.8, 4) is 0 Å². The number of carbonyl (C=O) groups is 1. The van der Waals surface area contributed by atoms with Crippen LogP contribution in [-0.2, 0) is 0 Å². The fourth-order valence-corrected chi connectivity index (χ4v) is 4.75. The van der Waals surface area contributed by atoms with Gasteiger partial charge in [0.1, 0.15) is 12.0 Å². The number of nitrogens with one attached hydrogen (secondary N) is 3. The van der Waals surface area contributed by atoms with Gasteiger partial charge in [0.25, 0.3) is 5.91 Å². The first-order valence-corrected chi connectivity index (χ1v) is 12.3. The summed E-state index contributed by atoms with van der Waals surface area (Å²) in [5, 5.41) is 29.2. The second-order valence-corrected chi connectivity index (χ2v) is 9.87. The first kappa shape index (κ1) is 24.3. The number of hydrogen-bond acceptors (Lipinski definition) is 8. The number of rotatable bonds is 9. The molecule has 0 radical (unpaired) electrons. The molecule has 1 amide bonds. The molecule has 4 atom stereocenters. The number of carbonyl (C=O) groups excluding carboxylic acids is 1. The summed E-state index contributed by atoms with van der Waals surface area (Å²) < 4.78 is 15.3. The minimum atomic E-state index is -1.58. The summed E-state index contributed by atoms with van der Waals surface area (Å²) in [4.78, 5) is 21.5. The Morgan fingerprint density at radius 2 is 2.09 bits per heavy atom. The van der Waals surface area contributed by atoms with Crippen LogP contribution in [0.5, 0.6) is 0 Å². The van der Waals surface area contributed by atoms with Crippen LogP contribution in [0.2, 0.25) is 0 Å². The van der Waals surface area contributed by atoms with Gasteiger partial charge in [-0.05, 0) is 43.4 Å². The monoisotopic (exact) mass is 487 g/mol. The van der Waals surface area contributed by atoms with E-state index in [1.807, 2.05) is 18.2 Å². The van der Waals surface area contributed by atoms with Crippen molar-refractivity contribution in [1.29, 1.82) is 0 Å². The standard InChI is InChI=1S/C24H30FN5O3S/c1-13(2)23(32)16(25)11-27-24(33)15-10-26-22(9-19(15)30-17-4-3-5-20(17)31)29-14-6-7-18-21(8-14)34-12-28-18/h6-10,12-13,16-17,20,23,31-32H,3-5,11H2,1-2H3,(H,27,33)(H2,26,29,30). The number of aliphatic hydroxyl groups excluding tert-OH is 2. The van der Waals surface area contributed by atoms with E-state index in [4.69, 9.17) is 0 Å². The molecule has 3 aromatic rings. The van der Waals surface area contributed by atoms with Crippen molar-refractivity contribution in [1.82, 2.24) is 15.3 Å². The molecule has 8 nitrogen and oxygen atoms in total. The average Bonchev–Trinajstić information content (AvgIpc) is 3.45. The van der Waals surface area contributed by atoms with Crippen LogP contribution in [0.15, 0.2) is 36.0 Å². The van der Waals surface area contributed by atoms with E-state index in [1.165, 1.54) is 6.20 Å². The molecule has 10 heteroatoms. The van der Waals surface area contributed by atoms with E-state index >= 15 is 0 Å². The maximum Gasteiger partial charge on any atom is 0.255 e. The van der Waals surface area contributed by atoms with Crippen molar-refractivity contribution in [2.75, 3.05) is 17.2 Å². The van der Waals surface area contributed by atoms with E-state index in [9.17, 15) is 19.4 Å². The molecule has 1 saturated carbocycles. The highest BCUT2D eigenvalue weighted by Crippen LogP contribution is 2.29. The van der Waals surface area contributed by atoms with Gasteiger partial charge in [0, 0.05) is 18.0 Å². The number of aliphatic hydroxyl groups is 2. The Kier molecular flexibility index (Phi) is 7.60. The number of amides is 1. The smallest absolute Gasteiger partial charge is 0.255 e. The normalized spacial score (nSPS) is 19.8. The third-order valence-electron chi connectivity index (χ3n) is 6.08. The number of halogens is 1. The maximum absolute atomic E-state index is 14.3. The number of anilines is 3. The zero-order chi connectivity index (χ0) is 24.2. The van der Waals surface area contributed by atoms with E-state index in [2.05, 4.69) is 25.9 Å². The van der Waals surface area contributed by atoms with Crippen molar-refractivity contribution in [3.05, 3.63) is 41.5 Å². The first-order valence-electron chi connectivity index (χ1n) is 11.5. The lowest BCUT2D eigenvalue weighted by atomic mass is 10.0. The molecule has 4 unspecified atom stereocenters. The Morgan fingerprint density at radius 1 is 1.26 bits per heavy atom. The van der Waals surface area contributed by atoms with Gasteiger partial charge < -0.3 is 26.2 Å². The molecule has 0 bridgehead atoms. The van der Waals surface area contributed by atoms with Crippen molar-refractivity contribution < 1.29 is 19.4 Å². The molecule has 2 heterocycles. The average molecular weight is 488 g/mol. The van der Waals surface area contributed by atoms with Crippen LogP contribution in [0.25, 0.3) is 10.2 Å². The quantitative estimate of drug-likeness (QED) is 0.311. The van der Waals surface area contributed by atoms with Crippen LogP contribution in [0.4, 0.5) is 21.6 Å². The number of thiazole rings is 1. The Labute approximate surface area is 201 Å². The molecule has 0 spiro atoms. The SMILES string of the molecule is CC(C)C(O)C(F)CNC(=O)c1cnc(Nc2ccc3ncsc3c2)cc1NC1CCCC1O. The van der Waals surface area contributed by atoms with E-state index in [-0.39, 0.29) is 24.1 Å². The minimum Gasteiger partial charge on any atom is -0.391 e. The molecular weight excluding hydrogens is 457 g/mol. The second kappa shape index (κ2) is 10.6. The van der Waals surface area contributed by atoms with Crippen molar-refractivity contribution in [2.24, 2.45) is 5.92 Å². The van der Waals surface area contributed by atoms with Gasteiger partial charge in [-0.1, -0.05) is 13.8 Å². The molecule has 1 fully saturated rings. The molecule has 2 aromatic heterocycles. The van der Waals surface area contributed by atoms with Gasteiger partial charge in [0.15, 0.2) is 0 Å². The van der Waals surface area contributed by atoms with Crippen molar-refractivity contribution in [2.45, 2.75) is 57.5 Å². The van der Waals surface area contributed by atoms with Crippen LogP contribution < -0.4 is 16.0 Å². The molecule has 34 heavy (non-hydrogen) atoms. The number of fused-ring (bicyclic) bond motifs is 1. The molecule has 1 aromatic carbocycles. The minimum absolute atomic E-state index is 0.188. The summed E-state index contributed by atoms with van der Waals surface area (Å²) in [6, 6.07) is 7.33.